The Kier molecular flexibility index (Phi) is 4.66. The second-order valence-corrected chi connectivity index (χ2v) is 5.14. The molecule has 18 heavy (non-hydrogen) atoms. The van der Waals surface area contributed by atoms with Crippen molar-refractivity contribution in [3.8, 4) is 0 Å². The molecule has 0 aliphatic carbocycles. The summed E-state index contributed by atoms with van der Waals surface area (Å²) >= 11 is 0. The standard InChI is InChI=1S/C11H20N4O3/c1-8(12-10(17)18-11(2,3)4)5-15-6-9(7-16)13-14-15/h6,8,16H,5,7H2,1-4H3,(H,12,17). The van der Waals surface area contributed by atoms with Gasteiger partial charge in [0.25, 0.3) is 0 Å². The summed E-state index contributed by atoms with van der Waals surface area (Å²) in [6.45, 7) is 7.58. The SMILES string of the molecule is CC(Cn1cc(CO)nn1)NC(=O)OC(C)(C)C. The monoisotopic (exact) mass is 256 g/mol. The predicted molar refractivity (Wildman–Crippen MR) is 64.8 cm³/mol. The average Bonchev–Trinajstić information content (AvgIpc) is 2.61. The van der Waals surface area contributed by atoms with Crippen molar-refractivity contribution in [2.45, 2.75) is 52.5 Å². The number of hydrogen-bond acceptors (Lipinski definition) is 5. The minimum absolute atomic E-state index is 0.145. The second kappa shape index (κ2) is 5.81. The van der Waals surface area contributed by atoms with Gasteiger partial charge in [0.05, 0.1) is 19.3 Å². The number of alkyl carbamates (subject to hydrolysis) is 1. The number of aliphatic hydroxyl groups is 1. The highest BCUT2D eigenvalue weighted by Crippen LogP contribution is 2.06. The molecule has 0 saturated heterocycles. The van der Waals surface area contributed by atoms with Gasteiger partial charge in [0, 0.05) is 6.04 Å². The third-order valence-electron chi connectivity index (χ3n) is 1.97. The van der Waals surface area contributed by atoms with Gasteiger partial charge in [-0.3, -0.25) is 4.68 Å². The van der Waals surface area contributed by atoms with Crippen molar-refractivity contribution in [3.63, 3.8) is 0 Å². The Morgan fingerprint density at radius 1 is 1.61 bits per heavy atom. The zero-order chi connectivity index (χ0) is 13.8. The maximum absolute atomic E-state index is 11.5. The average molecular weight is 256 g/mol. The third kappa shape index (κ3) is 5.13. The highest BCUT2D eigenvalue weighted by atomic mass is 16.6. The van der Waals surface area contributed by atoms with Crippen LogP contribution in [0.15, 0.2) is 6.20 Å². The minimum atomic E-state index is -0.513. The molecule has 1 aromatic rings. The molecular formula is C11H20N4O3. The van der Waals surface area contributed by atoms with E-state index in [4.69, 9.17) is 9.84 Å². The number of aromatic nitrogens is 3. The number of aliphatic hydroxyl groups excluding tert-OH is 1. The van der Waals surface area contributed by atoms with Crippen LogP contribution in [-0.4, -0.2) is 37.8 Å². The molecule has 1 atom stereocenters. The van der Waals surface area contributed by atoms with E-state index < -0.39 is 11.7 Å². The lowest BCUT2D eigenvalue weighted by Crippen LogP contribution is -2.39. The molecule has 1 amide bonds. The van der Waals surface area contributed by atoms with E-state index >= 15 is 0 Å². The molecule has 0 aliphatic rings. The Labute approximate surface area is 106 Å². The van der Waals surface area contributed by atoms with Gasteiger partial charge in [-0.2, -0.15) is 0 Å². The molecule has 1 rings (SSSR count). The molecule has 0 aromatic carbocycles. The van der Waals surface area contributed by atoms with Crippen LogP contribution in [-0.2, 0) is 17.9 Å². The number of carbonyl (C=O) groups is 1. The second-order valence-electron chi connectivity index (χ2n) is 5.14. The maximum atomic E-state index is 11.5. The van der Waals surface area contributed by atoms with Gasteiger partial charge in [-0.05, 0) is 27.7 Å². The first-order valence-electron chi connectivity index (χ1n) is 5.79. The van der Waals surface area contributed by atoms with Crippen LogP contribution in [0.2, 0.25) is 0 Å². The molecule has 0 fully saturated rings. The summed E-state index contributed by atoms with van der Waals surface area (Å²) in [6.07, 6.45) is 1.17. The molecule has 7 heteroatoms. The zero-order valence-corrected chi connectivity index (χ0v) is 11.2. The molecular weight excluding hydrogens is 236 g/mol. The number of nitrogens with zero attached hydrogens (tertiary/aromatic N) is 3. The fourth-order valence-corrected chi connectivity index (χ4v) is 1.34. The van der Waals surface area contributed by atoms with Gasteiger partial charge in [0.1, 0.15) is 11.3 Å². The lowest BCUT2D eigenvalue weighted by molar-refractivity contribution is 0.0503. The van der Waals surface area contributed by atoms with E-state index in [0.717, 1.165) is 0 Å². The molecule has 0 bridgehead atoms. The van der Waals surface area contributed by atoms with Gasteiger partial charge >= 0.3 is 6.09 Å². The van der Waals surface area contributed by atoms with Crippen molar-refractivity contribution in [1.29, 1.82) is 0 Å². The number of ether oxygens (including phenoxy) is 1. The first kappa shape index (κ1) is 14.4. The number of amides is 1. The van der Waals surface area contributed by atoms with Crippen molar-refractivity contribution >= 4 is 6.09 Å². The Hall–Kier alpha value is -1.63. The zero-order valence-electron chi connectivity index (χ0n) is 11.2. The molecule has 2 N–H and O–H groups in total. The number of carbonyl (C=O) groups excluding carboxylic acids is 1. The molecule has 0 radical (unpaired) electrons. The van der Waals surface area contributed by atoms with E-state index in [2.05, 4.69) is 15.6 Å². The van der Waals surface area contributed by atoms with Crippen LogP contribution in [0.25, 0.3) is 0 Å². The maximum Gasteiger partial charge on any atom is 0.407 e. The lowest BCUT2D eigenvalue weighted by atomic mass is 10.2. The summed E-state index contributed by atoms with van der Waals surface area (Å²) in [7, 11) is 0. The van der Waals surface area contributed by atoms with Gasteiger partial charge in [0.2, 0.25) is 0 Å². The van der Waals surface area contributed by atoms with Gasteiger partial charge in [0.15, 0.2) is 0 Å². The summed E-state index contributed by atoms with van der Waals surface area (Å²) in [5.41, 5.74) is -0.0133. The Balaban J connectivity index is 2.41. The summed E-state index contributed by atoms with van der Waals surface area (Å²) in [6, 6.07) is -0.145. The number of rotatable bonds is 4. The Bertz CT molecular complexity index is 397. The smallest absolute Gasteiger partial charge is 0.407 e. The van der Waals surface area contributed by atoms with E-state index in [1.165, 1.54) is 0 Å². The van der Waals surface area contributed by atoms with Gasteiger partial charge in [-0.15, -0.1) is 5.10 Å². The van der Waals surface area contributed by atoms with Crippen LogP contribution in [0.3, 0.4) is 0 Å². The van der Waals surface area contributed by atoms with Gasteiger partial charge in [-0.25, -0.2) is 4.79 Å². The van der Waals surface area contributed by atoms with Crippen molar-refractivity contribution in [2.24, 2.45) is 0 Å². The van der Waals surface area contributed by atoms with E-state index in [0.29, 0.717) is 12.2 Å². The van der Waals surface area contributed by atoms with Crippen LogP contribution in [0.4, 0.5) is 4.79 Å². The number of nitrogens with one attached hydrogen (secondary N) is 1. The molecule has 1 unspecified atom stereocenters. The van der Waals surface area contributed by atoms with Crippen LogP contribution >= 0.6 is 0 Å². The first-order chi connectivity index (χ1) is 8.30. The quantitative estimate of drug-likeness (QED) is 0.827. The highest BCUT2D eigenvalue weighted by Gasteiger charge is 2.17. The van der Waals surface area contributed by atoms with Gasteiger partial charge in [-0.1, -0.05) is 5.21 Å². The predicted octanol–water partition coefficient (Wildman–Crippen LogP) is 0.684. The molecule has 1 heterocycles. The lowest BCUT2D eigenvalue weighted by Gasteiger charge is -2.21. The molecule has 102 valence electrons. The van der Waals surface area contributed by atoms with Crippen LogP contribution in [0, 0.1) is 0 Å². The minimum Gasteiger partial charge on any atom is -0.444 e. The third-order valence-corrected chi connectivity index (χ3v) is 1.97. The Morgan fingerprint density at radius 2 is 2.28 bits per heavy atom. The summed E-state index contributed by atoms with van der Waals surface area (Å²) in [5.74, 6) is 0. The van der Waals surface area contributed by atoms with E-state index in [9.17, 15) is 4.79 Å². The van der Waals surface area contributed by atoms with Crippen molar-refractivity contribution in [2.75, 3.05) is 0 Å². The largest absolute Gasteiger partial charge is 0.444 e. The molecule has 7 nitrogen and oxygen atoms in total. The van der Waals surface area contributed by atoms with Crippen molar-refractivity contribution in [3.05, 3.63) is 11.9 Å². The highest BCUT2D eigenvalue weighted by molar-refractivity contribution is 5.67. The van der Waals surface area contributed by atoms with E-state index in [-0.39, 0.29) is 12.6 Å². The van der Waals surface area contributed by atoms with Crippen LogP contribution < -0.4 is 5.32 Å². The fraction of sp³-hybridized carbons (Fsp3) is 0.727. The molecule has 0 aliphatic heterocycles. The molecule has 0 saturated carbocycles. The molecule has 1 aromatic heterocycles. The normalized spacial score (nSPS) is 13.2. The van der Waals surface area contributed by atoms with Crippen LogP contribution in [0.5, 0.6) is 0 Å². The fourth-order valence-electron chi connectivity index (χ4n) is 1.34. The van der Waals surface area contributed by atoms with Crippen molar-refractivity contribution < 1.29 is 14.6 Å². The summed E-state index contributed by atoms with van der Waals surface area (Å²) in [4.78, 5) is 11.5. The summed E-state index contributed by atoms with van der Waals surface area (Å²) < 4.78 is 6.70. The van der Waals surface area contributed by atoms with Crippen LogP contribution in [0.1, 0.15) is 33.4 Å². The molecule has 0 spiro atoms. The first-order valence-corrected chi connectivity index (χ1v) is 5.79. The topological polar surface area (TPSA) is 89.3 Å². The number of hydrogen-bond donors (Lipinski definition) is 2. The van der Waals surface area contributed by atoms with Gasteiger partial charge < -0.3 is 15.2 Å². The Morgan fingerprint density at radius 3 is 2.78 bits per heavy atom. The van der Waals surface area contributed by atoms with Crippen molar-refractivity contribution in [1.82, 2.24) is 20.3 Å². The summed E-state index contributed by atoms with van der Waals surface area (Å²) in [5, 5.41) is 19.1. The van der Waals surface area contributed by atoms with E-state index in [1.54, 1.807) is 10.9 Å². The van der Waals surface area contributed by atoms with E-state index in [1.807, 2.05) is 27.7 Å².